The van der Waals surface area contributed by atoms with Gasteiger partial charge in [-0.1, -0.05) is 23.7 Å². The van der Waals surface area contributed by atoms with Crippen LogP contribution in [0.2, 0.25) is 5.02 Å². The molecule has 0 aliphatic carbocycles. The number of para-hydroxylation sites is 1. The monoisotopic (exact) mass is 217 g/mol. The molecule has 1 rings (SSSR count). The maximum atomic E-state index is 8.69. The van der Waals surface area contributed by atoms with Crippen LogP contribution in [0.5, 0.6) is 5.75 Å². The predicted molar refractivity (Wildman–Crippen MR) is 53.1 cm³/mol. The van der Waals surface area contributed by atoms with Gasteiger partial charge in [-0.25, -0.2) is 0 Å². The summed E-state index contributed by atoms with van der Waals surface area (Å²) in [6, 6.07) is 6.06. The van der Waals surface area contributed by atoms with Crippen molar-refractivity contribution in [3.05, 3.63) is 29.3 Å². The van der Waals surface area contributed by atoms with Gasteiger partial charge in [0.15, 0.2) is 6.29 Å². The van der Waals surface area contributed by atoms with Gasteiger partial charge in [0.25, 0.3) is 0 Å². The Morgan fingerprint density at radius 1 is 1.36 bits per heavy atom. The topological polar surface area (TPSA) is 75.7 Å². The summed E-state index contributed by atoms with van der Waals surface area (Å²) in [5, 5.41) is 17.8. The van der Waals surface area contributed by atoms with Crippen molar-refractivity contribution in [3.63, 3.8) is 0 Å². The SMILES string of the molecule is NC(COc1ccccc1Cl)C(O)O. The minimum Gasteiger partial charge on any atom is -0.490 e. The molecule has 0 fully saturated rings. The first-order valence-electron chi connectivity index (χ1n) is 4.10. The van der Waals surface area contributed by atoms with Gasteiger partial charge in [0.05, 0.1) is 11.1 Å². The van der Waals surface area contributed by atoms with Crippen LogP contribution < -0.4 is 10.5 Å². The molecule has 4 nitrogen and oxygen atoms in total. The number of halogens is 1. The first-order valence-corrected chi connectivity index (χ1v) is 4.48. The summed E-state index contributed by atoms with van der Waals surface area (Å²) < 4.78 is 5.18. The first kappa shape index (κ1) is 11.3. The van der Waals surface area contributed by atoms with E-state index in [1.807, 2.05) is 0 Å². The molecule has 1 aromatic rings. The third kappa shape index (κ3) is 3.16. The van der Waals surface area contributed by atoms with E-state index in [-0.39, 0.29) is 6.61 Å². The average Bonchev–Trinajstić information content (AvgIpc) is 2.16. The molecule has 1 aromatic carbocycles. The lowest BCUT2D eigenvalue weighted by molar-refractivity contribution is -0.0660. The molecule has 0 radical (unpaired) electrons. The lowest BCUT2D eigenvalue weighted by Gasteiger charge is -2.15. The van der Waals surface area contributed by atoms with Gasteiger partial charge in [-0.15, -0.1) is 0 Å². The summed E-state index contributed by atoms with van der Waals surface area (Å²) in [4.78, 5) is 0. The average molecular weight is 218 g/mol. The van der Waals surface area contributed by atoms with Crippen LogP contribution >= 0.6 is 11.6 Å². The van der Waals surface area contributed by atoms with Gasteiger partial charge in [0.2, 0.25) is 0 Å². The fourth-order valence-electron chi connectivity index (χ4n) is 0.834. The predicted octanol–water partition coefficient (Wildman–Crippen LogP) is 0.357. The van der Waals surface area contributed by atoms with Crippen LogP contribution in [0.25, 0.3) is 0 Å². The minimum atomic E-state index is -1.59. The summed E-state index contributed by atoms with van der Waals surface area (Å²) in [7, 11) is 0. The highest BCUT2D eigenvalue weighted by Gasteiger charge is 2.12. The van der Waals surface area contributed by atoms with Crippen LogP contribution in [-0.4, -0.2) is 29.2 Å². The van der Waals surface area contributed by atoms with Gasteiger partial charge in [-0.3, -0.25) is 0 Å². The molecular weight excluding hydrogens is 206 g/mol. The highest BCUT2D eigenvalue weighted by molar-refractivity contribution is 6.32. The number of hydrogen-bond donors (Lipinski definition) is 3. The number of aliphatic hydroxyl groups excluding tert-OH is 1. The van der Waals surface area contributed by atoms with Gasteiger partial charge < -0.3 is 20.7 Å². The number of aliphatic hydroxyl groups is 2. The van der Waals surface area contributed by atoms with Gasteiger partial charge in [0.1, 0.15) is 12.4 Å². The highest BCUT2D eigenvalue weighted by atomic mass is 35.5. The van der Waals surface area contributed by atoms with E-state index in [0.717, 1.165) is 0 Å². The molecule has 0 aliphatic rings. The second-order valence-corrected chi connectivity index (χ2v) is 3.23. The van der Waals surface area contributed by atoms with Crippen LogP contribution in [-0.2, 0) is 0 Å². The third-order valence-corrected chi connectivity index (χ3v) is 1.96. The van der Waals surface area contributed by atoms with Crippen molar-refractivity contribution in [2.45, 2.75) is 12.3 Å². The van der Waals surface area contributed by atoms with E-state index in [9.17, 15) is 0 Å². The Bertz CT molecular complexity index is 293. The van der Waals surface area contributed by atoms with E-state index in [1.165, 1.54) is 0 Å². The molecule has 0 aromatic heterocycles. The van der Waals surface area contributed by atoms with Gasteiger partial charge in [-0.2, -0.15) is 0 Å². The lowest BCUT2D eigenvalue weighted by Crippen LogP contribution is -2.39. The highest BCUT2D eigenvalue weighted by Crippen LogP contribution is 2.22. The van der Waals surface area contributed by atoms with Gasteiger partial charge >= 0.3 is 0 Å². The van der Waals surface area contributed by atoms with Crippen molar-refractivity contribution in [3.8, 4) is 5.75 Å². The molecule has 78 valence electrons. The lowest BCUT2D eigenvalue weighted by atomic mass is 10.3. The Labute approximate surface area is 86.9 Å². The second-order valence-electron chi connectivity index (χ2n) is 2.82. The minimum absolute atomic E-state index is 0.00139. The molecule has 0 saturated heterocycles. The Morgan fingerprint density at radius 3 is 2.57 bits per heavy atom. The number of benzene rings is 1. The molecule has 0 aliphatic heterocycles. The Hall–Kier alpha value is -0.810. The van der Waals surface area contributed by atoms with Crippen LogP contribution in [0, 0.1) is 0 Å². The molecule has 14 heavy (non-hydrogen) atoms. The van der Waals surface area contributed by atoms with Crippen molar-refractivity contribution in [2.75, 3.05) is 6.61 Å². The Kier molecular flexibility index (Phi) is 4.16. The van der Waals surface area contributed by atoms with Crippen molar-refractivity contribution >= 4 is 11.6 Å². The van der Waals surface area contributed by atoms with E-state index in [1.54, 1.807) is 24.3 Å². The standard InChI is InChI=1S/C9H12ClNO3/c10-6-3-1-2-4-8(6)14-5-7(11)9(12)13/h1-4,7,9,12-13H,5,11H2. The molecule has 5 heteroatoms. The van der Waals surface area contributed by atoms with Crippen LogP contribution in [0.4, 0.5) is 0 Å². The van der Waals surface area contributed by atoms with Crippen molar-refractivity contribution < 1.29 is 14.9 Å². The quantitative estimate of drug-likeness (QED) is 0.637. The second kappa shape index (κ2) is 5.17. The molecule has 0 bridgehead atoms. The molecule has 0 saturated carbocycles. The summed E-state index contributed by atoms with van der Waals surface area (Å²) in [6.45, 7) is 0.00139. The zero-order valence-electron chi connectivity index (χ0n) is 7.43. The first-order chi connectivity index (χ1) is 6.61. The number of hydrogen-bond acceptors (Lipinski definition) is 4. The molecule has 1 atom stereocenters. The molecule has 1 unspecified atom stereocenters. The van der Waals surface area contributed by atoms with Crippen LogP contribution in [0.1, 0.15) is 0 Å². The van der Waals surface area contributed by atoms with Crippen LogP contribution in [0.15, 0.2) is 24.3 Å². The fraction of sp³-hybridized carbons (Fsp3) is 0.333. The van der Waals surface area contributed by atoms with E-state index < -0.39 is 12.3 Å². The summed E-state index contributed by atoms with van der Waals surface area (Å²) in [5.74, 6) is 0.477. The third-order valence-electron chi connectivity index (χ3n) is 1.65. The van der Waals surface area contributed by atoms with Crippen molar-refractivity contribution in [1.29, 1.82) is 0 Å². The Morgan fingerprint density at radius 2 is 2.00 bits per heavy atom. The smallest absolute Gasteiger partial charge is 0.170 e. The Balaban J connectivity index is 2.50. The summed E-state index contributed by atoms with van der Waals surface area (Å²) in [6.07, 6.45) is -1.59. The maximum absolute atomic E-state index is 8.69. The molecule has 0 amide bonds. The zero-order chi connectivity index (χ0) is 10.6. The molecular formula is C9H12ClNO3. The summed E-state index contributed by atoms with van der Waals surface area (Å²) in [5.41, 5.74) is 5.35. The molecule has 4 N–H and O–H groups in total. The maximum Gasteiger partial charge on any atom is 0.170 e. The normalized spacial score (nSPS) is 12.9. The zero-order valence-corrected chi connectivity index (χ0v) is 8.19. The fourth-order valence-corrected chi connectivity index (χ4v) is 1.02. The van der Waals surface area contributed by atoms with Gasteiger partial charge in [0, 0.05) is 0 Å². The van der Waals surface area contributed by atoms with Crippen LogP contribution in [0.3, 0.4) is 0 Å². The van der Waals surface area contributed by atoms with E-state index in [0.29, 0.717) is 10.8 Å². The van der Waals surface area contributed by atoms with Gasteiger partial charge in [-0.05, 0) is 12.1 Å². The molecule has 0 heterocycles. The van der Waals surface area contributed by atoms with E-state index in [4.69, 9.17) is 32.3 Å². The number of ether oxygens (including phenoxy) is 1. The van der Waals surface area contributed by atoms with Crippen molar-refractivity contribution in [2.24, 2.45) is 5.73 Å². The molecule has 0 spiro atoms. The van der Waals surface area contributed by atoms with Crippen molar-refractivity contribution in [1.82, 2.24) is 0 Å². The van der Waals surface area contributed by atoms with E-state index in [2.05, 4.69) is 0 Å². The van der Waals surface area contributed by atoms with E-state index >= 15 is 0 Å². The number of rotatable bonds is 4. The summed E-state index contributed by atoms with van der Waals surface area (Å²) >= 11 is 5.80. The largest absolute Gasteiger partial charge is 0.490 e. The number of nitrogens with two attached hydrogens (primary N) is 1.